The highest BCUT2D eigenvalue weighted by Crippen LogP contribution is 2.14. The van der Waals surface area contributed by atoms with Crippen LogP contribution < -0.4 is 4.72 Å². The lowest BCUT2D eigenvalue weighted by atomic mass is 10.1. The minimum atomic E-state index is -3.63. The Bertz CT molecular complexity index is 873. The molecule has 0 saturated carbocycles. The second-order valence-electron chi connectivity index (χ2n) is 6.24. The van der Waals surface area contributed by atoms with Gasteiger partial charge in [0.2, 0.25) is 10.0 Å². The van der Waals surface area contributed by atoms with E-state index in [1.807, 2.05) is 31.2 Å². The lowest BCUT2D eigenvalue weighted by Gasteiger charge is -2.26. The molecule has 0 radical (unpaired) electrons. The van der Waals surface area contributed by atoms with Crippen molar-refractivity contribution >= 4 is 15.9 Å². The van der Waals surface area contributed by atoms with E-state index in [0.717, 1.165) is 11.1 Å². The topological polar surface area (TPSA) is 75.7 Å². The average Bonchev–Trinajstić information content (AvgIpc) is 2.67. The SMILES string of the molecule is Cc1cccc(CNS(=O)(=O)c2ccc(C(=O)N3CCOCC3)cc2)c1. The van der Waals surface area contributed by atoms with Gasteiger partial charge >= 0.3 is 0 Å². The first-order chi connectivity index (χ1) is 12.5. The van der Waals surface area contributed by atoms with Gasteiger partial charge < -0.3 is 9.64 Å². The van der Waals surface area contributed by atoms with Crippen LogP contribution in [-0.2, 0) is 21.3 Å². The van der Waals surface area contributed by atoms with Gasteiger partial charge in [-0.05, 0) is 36.8 Å². The summed E-state index contributed by atoms with van der Waals surface area (Å²) in [5.74, 6) is -0.107. The Morgan fingerprint density at radius 1 is 1.12 bits per heavy atom. The van der Waals surface area contributed by atoms with Crippen molar-refractivity contribution in [1.29, 1.82) is 0 Å². The Labute approximate surface area is 153 Å². The first-order valence-corrected chi connectivity index (χ1v) is 9.96. The number of ether oxygens (including phenoxy) is 1. The van der Waals surface area contributed by atoms with E-state index in [4.69, 9.17) is 4.74 Å². The Morgan fingerprint density at radius 3 is 2.46 bits per heavy atom. The van der Waals surface area contributed by atoms with Crippen molar-refractivity contribution in [3.05, 3.63) is 65.2 Å². The first-order valence-electron chi connectivity index (χ1n) is 8.48. The third-order valence-electron chi connectivity index (χ3n) is 4.26. The molecule has 1 heterocycles. The van der Waals surface area contributed by atoms with Crippen molar-refractivity contribution in [1.82, 2.24) is 9.62 Å². The Morgan fingerprint density at radius 2 is 1.81 bits per heavy atom. The molecule has 1 amide bonds. The number of carbonyl (C=O) groups excluding carboxylic acids is 1. The van der Waals surface area contributed by atoms with E-state index in [9.17, 15) is 13.2 Å². The van der Waals surface area contributed by atoms with Gasteiger partial charge in [0.15, 0.2) is 0 Å². The minimum absolute atomic E-state index is 0.107. The van der Waals surface area contributed by atoms with Crippen molar-refractivity contribution in [3.8, 4) is 0 Å². The quantitative estimate of drug-likeness (QED) is 0.868. The summed E-state index contributed by atoms with van der Waals surface area (Å²) in [6, 6.07) is 13.7. The van der Waals surface area contributed by atoms with E-state index in [1.165, 1.54) is 12.1 Å². The van der Waals surface area contributed by atoms with Gasteiger partial charge in [0.05, 0.1) is 18.1 Å². The summed E-state index contributed by atoms with van der Waals surface area (Å²) in [6.07, 6.45) is 0. The van der Waals surface area contributed by atoms with Gasteiger partial charge in [-0.2, -0.15) is 0 Å². The number of carbonyl (C=O) groups is 1. The normalized spacial score (nSPS) is 15.0. The third kappa shape index (κ3) is 4.49. The fourth-order valence-electron chi connectivity index (χ4n) is 2.81. The predicted molar refractivity (Wildman–Crippen MR) is 98.4 cm³/mol. The number of hydrogen-bond acceptors (Lipinski definition) is 4. The van der Waals surface area contributed by atoms with Crippen molar-refractivity contribution < 1.29 is 17.9 Å². The van der Waals surface area contributed by atoms with E-state index < -0.39 is 10.0 Å². The molecule has 0 spiro atoms. The number of amides is 1. The predicted octanol–water partition coefficient (Wildman–Crippen LogP) is 1.95. The minimum Gasteiger partial charge on any atom is -0.378 e. The van der Waals surface area contributed by atoms with E-state index >= 15 is 0 Å². The molecule has 0 bridgehead atoms. The van der Waals surface area contributed by atoms with Crippen LogP contribution in [0.4, 0.5) is 0 Å². The standard InChI is InChI=1S/C19H22N2O4S/c1-15-3-2-4-16(13-15)14-20-26(23,24)18-7-5-17(6-8-18)19(22)21-9-11-25-12-10-21/h2-8,13,20H,9-12,14H2,1H3. The summed E-state index contributed by atoms with van der Waals surface area (Å²) in [4.78, 5) is 14.3. The van der Waals surface area contributed by atoms with Crippen molar-refractivity contribution in [2.75, 3.05) is 26.3 Å². The smallest absolute Gasteiger partial charge is 0.254 e. The molecular formula is C19H22N2O4S. The Hall–Kier alpha value is -2.22. The maximum absolute atomic E-state index is 12.5. The molecule has 0 aromatic heterocycles. The summed E-state index contributed by atoms with van der Waals surface area (Å²) in [7, 11) is -3.63. The van der Waals surface area contributed by atoms with Crippen LogP contribution in [0.5, 0.6) is 0 Å². The number of rotatable bonds is 5. The zero-order chi connectivity index (χ0) is 18.6. The molecule has 0 unspecified atom stereocenters. The van der Waals surface area contributed by atoms with Crippen LogP contribution in [-0.4, -0.2) is 45.5 Å². The van der Waals surface area contributed by atoms with Crippen molar-refractivity contribution in [2.24, 2.45) is 0 Å². The molecule has 2 aromatic carbocycles. The molecule has 2 aromatic rings. The zero-order valence-electron chi connectivity index (χ0n) is 14.6. The molecule has 3 rings (SSSR count). The monoisotopic (exact) mass is 374 g/mol. The van der Waals surface area contributed by atoms with Crippen LogP contribution in [0.1, 0.15) is 21.5 Å². The van der Waals surface area contributed by atoms with Crippen LogP contribution in [0.2, 0.25) is 0 Å². The van der Waals surface area contributed by atoms with E-state index in [-0.39, 0.29) is 17.3 Å². The van der Waals surface area contributed by atoms with Gasteiger partial charge in [-0.1, -0.05) is 29.8 Å². The number of aryl methyl sites for hydroxylation is 1. The van der Waals surface area contributed by atoms with E-state index in [2.05, 4.69) is 4.72 Å². The van der Waals surface area contributed by atoms with Gasteiger partial charge in [0.25, 0.3) is 5.91 Å². The molecule has 1 saturated heterocycles. The Kier molecular flexibility index (Phi) is 5.70. The number of nitrogens with zero attached hydrogens (tertiary/aromatic N) is 1. The molecule has 1 N–H and O–H groups in total. The van der Waals surface area contributed by atoms with E-state index in [0.29, 0.717) is 31.9 Å². The van der Waals surface area contributed by atoms with Crippen molar-refractivity contribution in [2.45, 2.75) is 18.4 Å². The molecule has 138 valence electrons. The lowest BCUT2D eigenvalue weighted by Crippen LogP contribution is -2.40. The molecule has 0 atom stereocenters. The van der Waals surface area contributed by atoms with Crippen LogP contribution in [0, 0.1) is 6.92 Å². The van der Waals surface area contributed by atoms with Crippen LogP contribution in [0.25, 0.3) is 0 Å². The first kappa shape index (κ1) is 18.6. The number of sulfonamides is 1. The number of benzene rings is 2. The van der Waals surface area contributed by atoms with Gasteiger partial charge in [0, 0.05) is 25.2 Å². The summed E-state index contributed by atoms with van der Waals surface area (Å²) in [5.41, 5.74) is 2.45. The number of morpholine rings is 1. The second-order valence-corrected chi connectivity index (χ2v) is 8.01. The van der Waals surface area contributed by atoms with Crippen LogP contribution >= 0.6 is 0 Å². The highest BCUT2D eigenvalue weighted by molar-refractivity contribution is 7.89. The fraction of sp³-hybridized carbons (Fsp3) is 0.316. The summed E-state index contributed by atoms with van der Waals surface area (Å²) in [6.45, 7) is 4.34. The highest BCUT2D eigenvalue weighted by atomic mass is 32.2. The average molecular weight is 374 g/mol. The summed E-state index contributed by atoms with van der Waals surface area (Å²) < 4.78 is 32.7. The maximum atomic E-state index is 12.5. The molecule has 1 fully saturated rings. The zero-order valence-corrected chi connectivity index (χ0v) is 15.5. The molecule has 6 nitrogen and oxygen atoms in total. The molecule has 0 aliphatic carbocycles. The molecule has 26 heavy (non-hydrogen) atoms. The maximum Gasteiger partial charge on any atom is 0.254 e. The molecule has 1 aliphatic rings. The van der Waals surface area contributed by atoms with Gasteiger partial charge in [-0.3, -0.25) is 4.79 Å². The fourth-order valence-corrected chi connectivity index (χ4v) is 3.83. The van der Waals surface area contributed by atoms with Gasteiger partial charge in [-0.15, -0.1) is 0 Å². The molecule has 1 aliphatic heterocycles. The van der Waals surface area contributed by atoms with Crippen molar-refractivity contribution in [3.63, 3.8) is 0 Å². The van der Waals surface area contributed by atoms with Gasteiger partial charge in [0.1, 0.15) is 0 Å². The number of hydrogen-bond donors (Lipinski definition) is 1. The van der Waals surface area contributed by atoms with E-state index in [1.54, 1.807) is 17.0 Å². The van der Waals surface area contributed by atoms with Crippen LogP contribution in [0.15, 0.2) is 53.4 Å². The largest absolute Gasteiger partial charge is 0.378 e. The second kappa shape index (κ2) is 7.99. The number of nitrogens with one attached hydrogen (secondary N) is 1. The molecular weight excluding hydrogens is 352 g/mol. The Balaban J connectivity index is 1.67. The van der Waals surface area contributed by atoms with Gasteiger partial charge in [-0.25, -0.2) is 13.1 Å². The molecule has 7 heteroatoms. The van der Waals surface area contributed by atoms with Crippen LogP contribution in [0.3, 0.4) is 0 Å². The third-order valence-corrected chi connectivity index (χ3v) is 5.68. The summed E-state index contributed by atoms with van der Waals surface area (Å²) in [5, 5.41) is 0. The highest BCUT2D eigenvalue weighted by Gasteiger charge is 2.20. The lowest BCUT2D eigenvalue weighted by molar-refractivity contribution is 0.0303. The summed E-state index contributed by atoms with van der Waals surface area (Å²) >= 11 is 0.